The van der Waals surface area contributed by atoms with Crippen LogP contribution in [0.3, 0.4) is 0 Å². The van der Waals surface area contributed by atoms with E-state index in [4.69, 9.17) is 21.8 Å². The minimum Gasteiger partial charge on any atom is -0.449 e. The first kappa shape index (κ1) is 10.3. The van der Waals surface area contributed by atoms with Crippen molar-refractivity contribution < 1.29 is 4.42 Å². The number of nitrogen functional groups attached to an aromatic ring is 1. The van der Waals surface area contributed by atoms with Crippen LogP contribution in [0.15, 0.2) is 34.0 Å². The molecule has 0 spiro atoms. The van der Waals surface area contributed by atoms with Gasteiger partial charge in [0.15, 0.2) is 10.4 Å². The predicted octanol–water partition coefficient (Wildman–Crippen LogP) is 2.60. The van der Waals surface area contributed by atoms with Crippen LogP contribution in [0, 0.1) is 0 Å². The average molecular weight is 242 g/mol. The third-order valence-corrected chi connectivity index (χ3v) is 2.71. The summed E-state index contributed by atoms with van der Waals surface area (Å²) in [6.07, 6.45) is 1.62. The van der Waals surface area contributed by atoms with Gasteiger partial charge in [-0.05, 0) is 29.8 Å². The summed E-state index contributed by atoms with van der Waals surface area (Å²) in [6, 6.07) is 5.17. The molecule has 0 unspecified atom stereocenters. The lowest BCUT2D eigenvalue weighted by Crippen LogP contribution is -1.93. The maximum Gasteiger partial charge on any atom is 0.193 e. The number of aromatic nitrogens is 2. The summed E-state index contributed by atoms with van der Waals surface area (Å²) >= 11 is 7.09. The van der Waals surface area contributed by atoms with Crippen molar-refractivity contribution >= 4 is 29.2 Å². The standard InChI is InChI=1S/C9H8ClN3OS/c10-7-2-1-6(14-7)5-15-9-12-4-3-8(11)13-9/h1-4H,5H2,(H2,11,12,13). The van der Waals surface area contributed by atoms with E-state index in [1.54, 1.807) is 18.3 Å². The molecule has 0 aliphatic heterocycles. The normalized spacial score (nSPS) is 10.5. The molecule has 6 heteroatoms. The lowest BCUT2D eigenvalue weighted by atomic mass is 10.5. The SMILES string of the molecule is Nc1ccnc(SCc2ccc(Cl)o2)n1. The summed E-state index contributed by atoms with van der Waals surface area (Å²) in [6.45, 7) is 0. The number of nitrogens with zero attached hydrogens (tertiary/aromatic N) is 2. The van der Waals surface area contributed by atoms with Crippen LogP contribution in [-0.2, 0) is 5.75 Å². The second-order valence-corrected chi connectivity index (χ2v) is 4.07. The fourth-order valence-electron chi connectivity index (χ4n) is 0.989. The number of nitrogens with two attached hydrogens (primary N) is 1. The Morgan fingerprint density at radius 2 is 2.27 bits per heavy atom. The zero-order valence-corrected chi connectivity index (χ0v) is 9.26. The molecule has 0 aromatic carbocycles. The highest BCUT2D eigenvalue weighted by Crippen LogP contribution is 2.22. The van der Waals surface area contributed by atoms with Crippen molar-refractivity contribution in [3.8, 4) is 0 Å². The van der Waals surface area contributed by atoms with Crippen molar-refractivity contribution in [1.29, 1.82) is 0 Å². The molecule has 2 heterocycles. The van der Waals surface area contributed by atoms with E-state index in [2.05, 4.69) is 9.97 Å². The Morgan fingerprint density at radius 3 is 2.93 bits per heavy atom. The average Bonchev–Trinajstić information content (AvgIpc) is 2.62. The van der Waals surface area contributed by atoms with E-state index in [9.17, 15) is 0 Å². The number of furan rings is 1. The van der Waals surface area contributed by atoms with Crippen LogP contribution in [0.25, 0.3) is 0 Å². The zero-order chi connectivity index (χ0) is 10.7. The Bertz CT molecular complexity index is 460. The van der Waals surface area contributed by atoms with Gasteiger partial charge in [0.2, 0.25) is 0 Å². The van der Waals surface area contributed by atoms with E-state index in [1.807, 2.05) is 6.07 Å². The lowest BCUT2D eigenvalue weighted by Gasteiger charge is -1.98. The van der Waals surface area contributed by atoms with Gasteiger partial charge in [-0.25, -0.2) is 9.97 Å². The summed E-state index contributed by atoms with van der Waals surface area (Å²) in [5.74, 6) is 1.89. The fourth-order valence-corrected chi connectivity index (χ4v) is 1.88. The van der Waals surface area contributed by atoms with Gasteiger partial charge >= 0.3 is 0 Å². The molecule has 2 rings (SSSR count). The largest absolute Gasteiger partial charge is 0.449 e. The molecule has 15 heavy (non-hydrogen) atoms. The smallest absolute Gasteiger partial charge is 0.193 e. The topological polar surface area (TPSA) is 64.9 Å². The van der Waals surface area contributed by atoms with Crippen molar-refractivity contribution in [2.45, 2.75) is 10.9 Å². The molecule has 0 radical (unpaired) electrons. The molecule has 0 fully saturated rings. The summed E-state index contributed by atoms with van der Waals surface area (Å²) in [5, 5.41) is 1.02. The molecular formula is C9H8ClN3OS. The third-order valence-electron chi connectivity index (χ3n) is 1.63. The van der Waals surface area contributed by atoms with Crippen LogP contribution >= 0.6 is 23.4 Å². The number of halogens is 1. The van der Waals surface area contributed by atoms with E-state index in [1.165, 1.54) is 11.8 Å². The molecule has 0 saturated heterocycles. The van der Waals surface area contributed by atoms with Crippen molar-refractivity contribution in [3.63, 3.8) is 0 Å². The second-order valence-electron chi connectivity index (χ2n) is 2.76. The fraction of sp³-hybridized carbons (Fsp3) is 0.111. The highest BCUT2D eigenvalue weighted by atomic mass is 35.5. The molecule has 78 valence electrons. The minimum atomic E-state index is 0.388. The number of hydrogen-bond donors (Lipinski definition) is 1. The van der Waals surface area contributed by atoms with Crippen LogP contribution in [-0.4, -0.2) is 9.97 Å². The Hall–Kier alpha value is -1.20. The first-order chi connectivity index (χ1) is 7.24. The Kier molecular flexibility index (Phi) is 3.13. The van der Waals surface area contributed by atoms with Gasteiger partial charge in [-0.2, -0.15) is 0 Å². The quantitative estimate of drug-likeness (QED) is 0.661. The van der Waals surface area contributed by atoms with E-state index in [-0.39, 0.29) is 0 Å². The van der Waals surface area contributed by atoms with Gasteiger partial charge in [0.25, 0.3) is 0 Å². The molecule has 4 nitrogen and oxygen atoms in total. The highest BCUT2D eigenvalue weighted by molar-refractivity contribution is 7.98. The number of thioether (sulfide) groups is 1. The van der Waals surface area contributed by atoms with E-state index < -0.39 is 0 Å². The van der Waals surface area contributed by atoms with E-state index >= 15 is 0 Å². The van der Waals surface area contributed by atoms with E-state index in [0.717, 1.165) is 5.76 Å². The molecule has 0 atom stereocenters. The summed E-state index contributed by atoms with van der Waals surface area (Å²) in [4.78, 5) is 8.11. The molecule has 0 aliphatic rings. The third kappa shape index (κ3) is 2.87. The Labute approximate surface area is 95.9 Å². The van der Waals surface area contributed by atoms with Gasteiger partial charge < -0.3 is 10.2 Å². The van der Waals surface area contributed by atoms with Gasteiger partial charge in [-0.1, -0.05) is 11.8 Å². The number of hydrogen-bond acceptors (Lipinski definition) is 5. The van der Waals surface area contributed by atoms with Crippen LogP contribution < -0.4 is 5.73 Å². The van der Waals surface area contributed by atoms with Crippen molar-refractivity contribution in [3.05, 3.63) is 35.4 Å². The number of rotatable bonds is 3. The molecule has 0 aliphatic carbocycles. The maximum absolute atomic E-state index is 5.64. The second kappa shape index (κ2) is 4.55. The Balaban J connectivity index is 1.99. The molecular weight excluding hydrogens is 234 g/mol. The zero-order valence-electron chi connectivity index (χ0n) is 7.68. The first-order valence-electron chi connectivity index (χ1n) is 4.19. The minimum absolute atomic E-state index is 0.388. The Morgan fingerprint density at radius 1 is 1.40 bits per heavy atom. The molecule has 0 bridgehead atoms. The van der Waals surface area contributed by atoms with Crippen LogP contribution in [0.5, 0.6) is 0 Å². The summed E-state index contributed by atoms with van der Waals surface area (Å²) in [7, 11) is 0. The van der Waals surface area contributed by atoms with Gasteiger partial charge in [-0.15, -0.1) is 0 Å². The van der Waals surface area contributed by atoms with E-state index in [0.29, 0.717) is 21.9 Å². The molecule has 0 amide bonds. The number of anilines is 1. The van der Waals surface area contributed by atoms with Gasteiger partial charge in [0.1, 0.15) is 11.6 Å². The van der Waals surface area contributed by atoms with Crippen molar-refractivity contribution in [2.75, 3.05) is 5.73 Å². The first-order valence-corrected chi connectivity index (χ1v) is 5.56. The highest BCUT2D eigenvalue weighted by Gasteiger charge is 2.03. The van der Waals surface area contributed by atoms with Crippen molar-refractivity contribution in [2.24, 2.45) is 0 Å². The summed E-state index contributed by atoms with van der Waals surface area (Å²) in [5.41, 5.74) is 5.52. The van der Waals surface area contributed by atoms with Crippen LogP contribution in [0.4, 0.5) is 5.82 Å². The van der Waals surface area contributed by atoms with Crippen LogP contribution in [0.1, 0.15) is 5.76 Å². The van der Waals surface area contributed by atoms with Gasteiger partial charge in [-0.3, -0.25) is 0 Å². The lowest BCUT2D eigenvalue weighted by molar-refractivity contribution is 0.532. The van der Waals surface area contributed by atoms with Gasteiger partial charge in [0.05, 0.1) is 5.75 Å². The molecule has 2 N–H and O–H groups in total. The summed E-state index contributed by atoms with van der Waals surface area (Å²) < 4.78 is 5.19. The predicted molar refractivity (Wildman–Crippen MR) is 59.7 cm³/mol. The monoisotopic (exact) mass is 241 g/mol. The maximum atomic E-state index is 5.64. The van der Waals surface area contributed by atoms with Crippen LogP contribution in [0.2, 0.25) is 5.22 Å². The molecule has 2 aromatic rings. The van der Waals surface area contributed by atoms with Crippen molar-refractivity contribution in [1.82, 2.24) is 9.97 Å². The molecule has 2 aromatic heterocycles. The molecule has 0 saturated carbocycles. The van der Waals surface area contributed by atoms with Gasteiger partial charge in [0, 0.05) is 6.20 Å².